The third-order valence-corrected chi connectivity index (χ3v) is 3.05. The Morgan fingerprint density at radius 2 is 2.00 bits per heavy atom. The first-order valence-corrected chi connectivity index (χ1v) is 5.18. The molecule has 0 bridgehead atoms. The molecule has 0 aliphatic carbocycles. The first-order valence-electron chi connectivity index (χ1n) is 3.95. The molecule has 1 aromatic rings. The number of carboxylic acids is 1. The molecule has 0 fully saturated rings. The van der Waals surface area contributed by atoms with Crippen molar-refractivity contribution < 1.29 is 9.90 Å². The van der Waals surface area contributed by atoms with Crippen molar-refractivity contribution in [3.8, 4) is 0 Å². The Labute approximate surface area is 82.0 Å². The van der Waals surface area contributed by atoms with Crippen molar-refractivity contribution in [1.82, 2.24) is 0 Å². The molecule has 70 valence electrons. The second-order valence-electron chi connectivity index (χ2n) is 2.89. The van der Waals surface area contributed by atoms with Gasteiger partial charge in [-0.05, 0) is 37.3 Å². The van der Waals surface area contributed by atoms with Gasteiger partial charge in [-0.1, -0.05) is 6.07 Å². The van der Waals surface area contributed by atoms with Gasteiger partial charge in [0.15, 0.2) is 0 Å². The molecule has 0 heterocycles. The molecule has 1 rings (SSSR count). The molecule has 0 aromatic heterocycles. The lowest BCUT2D eigenvalue weighted by Crippen LogP contribution is -2.01. The van der Waals surface area contributed by atoms with Crippen molar-refractivity contribution in [3.05, 3.63) is 28.8 Å². The van der Waals surface area contributed by atoms with E-state index in [4.69, 9.17) is 5.11 Å². The summed E-state index contributed by atoms with van der Waals surface area (Å²) in [6, 6.07) is 3.51. The Morgan fingerprint density at radius 1 is 1.38 bits per heavy atom. The Kier molecular flexibility index (Phi) is 2.98. The van der Waals surface area contributed by atoms with Gasteiger partial charge in [-0.3, -0.25) is 0 Å². The van der Waals surface area contributed by atoms with Crippen molar-refractivity contribution in [2.75, 3.05) is 6.26 Å². The van der Waals surface area contributed by atoms with Crippen LogP contribution in [0.5, 0.6) is 0 Å². The molecular weight excluding hydrogens is 184 g/mol. The average Bonchev–Trinajstić information content (AvgIpc) is 2.09. The van der Waals surface area contributed by atoms with E-state index in [0.29, 0.717) is 5.56 Å². The van der Waals surface area contributed by atoms with E-state index in [1.807, 2.05) is 26.2 Å². The van der Waals surface area contributed by atoms with Crippen LogP contribution in [0.2, 0.25) is 0 Å². The minimum atomic E-state index is -0.854. The number of rotatable bonds is 2. The maximum atomic E-state index is 10.8. The van der Waals surface area contributed by atoms with Crippen LogP contribution in [0.3, 0.4) is 0 Å². The predicted molar refractivity (Wildman–Crippen MR) is 54.7 cm³/mol. The van der Waals surface area contributed by atoms with E-state index in [9.17, 15) is 4.79 Å². The van der Waals surface area contributed by atoms with Crippen molar-refractivity contribution in [2.24, 2.45) is 0 Å². The van der Waals surface area contributed by atoms with Crippen LogP contribution in [0, 0.1) is 13.8 Å². The van der Waals surface area contributed by atoms with Gasteiger partial charge in [0.05, 0.1) is 5.56 Å². The molecule has 0 aliphatic rings. The second-order valence-corrected chi connectivity index (χ2v) is 3.71. The molecule has 0 atom stereocenters. The van der Waals surface area contributed by atoms with Crippen molar-refractivity contribution in [3.63, 3.8) is 0 Å². The zero-order valence-electron chi connectivity index (χ0n) is 7.92. The molecule has 0 aliphatic heterocycles. The van der Waals surface area contributed by atoms with E-state index >= 15 is 0 Å². The fourth-order valence-corrected chi connectivity index (χ4v) is 2.06. The zero-order chi connectivity index (χ0) is 10.0. The third-order valence-electron chi connectivity index (χ3n) is 2.11. The highest BCUT2D eigenvalue weighted by atomic mass is 32.2. The van der Waals surface area contributed by atoms with E-state index in [1.54, 1.807) is 6.07 Å². The van der Waals surface area contributed by atoms with E-state index in [0.717, 1.165) is 16.0 Å². The van der Waals surface area contributed by atoms with E-state index in [2.05, 4.69) is 0 Å². The van der Waals surface area contributed by atoms with Crippen LogP contribution >= 0.6 is 11.8 Å². The quantitative estimate of drug-likeness (QED) is 0.739. The SMILES string of the molecule is CSc1c(C(=O)O)ccc(C)c1C. The molecule has 0 saturated heterocycles. The van der Waals surface area contributed by atoms with Crippen LogP contribution in [-0.2, 0) is 0 Å². The molecule has 1 aromatic carbocycles. The summed E-state index contributed by atoms with van der Waals surface area (Å²) < 4.78 is 0. The van der Waals surface area contributed by atoms with Crippen LogP contribution in [0.1, 0.15) is 21.5 Å². The smallest absolute Gasteiger partial charge is 0.336 e. The van der Waals surface area contributed by atoms with Gasteiger partial charge in [-0.2, -0.15) is 0 Å². The van der Waals surface area contributed by atoms with Gasteiger partial charge in [-0.25, -0.2) is 4.79 Å². The van der Waals surface area contributed by atoms with Crippen molar-refractivity contribution >= 4 is 17.7 Å². The number of hydrogen-bond donors (Lipinski definition) is 1. The molecule has 0 unspecified atom stereocenters. The topological polar surface area (TPSA) is 37.3 Å². The van der Waals surface area contributed by atoms with Crippen molar-refractivity contribution in [2.45, 2.75) is 18.7 Å². The summed E-state index contributed by atoms with van der Waals surface area (Å²) in [6.45, 7) is 3.94. The summed E-state index contributed by atoms with van der Waals surface area (Å²) in [6.07, 6.45) is 1.90. The molecule has 0 amide bonds. The van der Waals surface area contributed by atoms with Gasteiger partial charge in [0.2, 0.25) is 0 Å². The van der Waals surface area contributed by atoms with E-state index in [1.165, 1.54) is 11.8 Å². The summed E-state index contributed by atoms with van der Waals surface area (Å²) in [5.41, 5.74) is 2.59. The predicted octanol–water partition coefficient (Wildman–Crippen LogP) is 2.72. The largest absolute Gasteiger partial charge is 0.478 e. The molecule has 2 nitrogen and oxygen atoms in total. The number of hydrogen-bond acceptors (Lipinski definition) is 2. The monoisotopic (exact) mass is 196 g/mol. The van der Waals surface area contributed by atoms with Gasteiger partial charge >= 0.3 is 5.97 Å². The average molecular weight is 196 g/mol. The highest BCUT2D eigenvalue weighted by molar-refractivity contribution is 7.98. The van der Waals surface area contributed by atoms with Crippen LogP contribution in [-0.4, -0.2) is 17.3 Å². The minimum absolute atomic E-state index is 0.399. The molecule has 0 spiro atoms. The fourth-order valence-electron chi connectivity index (χ4n) is 1.22. The molecule has 3 heteroatoms. The summed E-state index contributed by atoms with van der Waals surface area (Å²) in [5.74, 6) is -0.854. The van der Waals surface area contributed by atoms with Crippen LogP contribution < -0.4 is 0 Å². The number of aromatic carboxylic acids is 1. The van der Waals surface area contributed by atoms with Gasteiger partial charge < -0.3 is 5.11 Å². The summed E-state index contributed by atoms with van der Waals surface area (Å²) >= 11 is 1.48. The molecule has 1 N–H and O–H groups in total. The highest BCUT2D eigenvalue weighted by Crippen LogP contribution is 2.26. The highest BCUT2D eigenvalue weighted by Gasteiger charge is 2.12. The number of benzene rings is 1. The van der Waals surface area contributed by atoms with Crippen LogP contribution in [0.25, 0.3) is 0 Å². The second kappa shape index (κ2) is 3.83. The van der Waals surface area contributed by atoms with Crippen LogP contribution in [0.4, 0.5) is 0 Å². The minimum Gasteiger partial charge on any atom is -0.478 e. The van der Waals surface area contributed by atoms with E-state index in [-0.39, 0.29) is 0 Å². The van der Waals surface area contributed by atoms with Gasteiger partial charge in [0.25, 0.3) is 0 Å². The Morgan fingerprint density at radius 3 is 2.46 bits per heavy atom. The lowest BCUT2D eigenvalue weighted by Gasteiger charge is -2.09. The number of carboxylic acid groups (broad SMARTS) is 1. The normalized spacial score (nSPS) is 10.1. The maximum Gasteiger partial charge on any atom is 0.336 e. The standard InChI is InChI=1S/C10H12O2S/c1-6-4-5-8(10(11)12)9(13-3)7(6)2/h4-5H,1-3H3,(H,11,12). The summed E-state index contributed by atoms with van der Waals surface area (Å²) in [4.78, 5) is 11.7. The molecule has 13 heavy (non-hydrogen) atoms. The molecular formula is C10H12O2S. The molecule has 0 saturated carbocycles. The van der Waals surface area contributed by atoms with Gasteiger partial charge in [-0.15, -0.1) is 11.8 Å². The number of aryl methyl sites for hydroxylation is 1. The molecule has 0 radical (unpaired) electrons. The number of carbonyl (C=O) groups is 1. The van der Waals surface area contributed by atoms with Crippen LogP contribution in [0.15, 0.2) is 17.0 Å². The first kappa shape index (κ1) is 10.1. The Bertz CT molecular complexity index is 345. The van der Waals surface area contributed by atoms with Crippen molar-refractivity contribution in [1.29, 1.82) is 0 Å². The lowest BCUT2D eigenvalue weighted by molar-refractivity contribution is 0.0693. The van der Waals surface area contributed by atoms with E-state index < -0.39 is 5.97 Å². The Balaban J connectivity index is 3.38. The summed E-state index contributed by atoms with van der Waals surface area (Å²) in [7, 11) is 0. The third kappa shape index (κ3) is 1.86. The summed E-state index contributed by atoms with van der Waals surface area (Å²) in [5, 5.41) is 8.90. The Hall–Kier alpha value is -0.960. The fraction of sp³-hybridized carbons (Fsp3) is 0.300. The zero-order valence-corrected chi connectivity index (χ0v) is 8.73. The lowest BCUT2D eigenvalue weighted by atomic mass is 10.1. The number of thioether (sulfide) groups is 1. The first-order chi connectivity index (χ1) is 6.07. The maximum absolute atomic E-state index is 10.8. The van der Waals surface area contributed by atoms with Gasteiger partial charge in [0, 0.05) is 4.90 Å². The van der Waals surface area contributed by atoms with Gasteiger partial charge in [0.1, 0.15) is 0 Å².